The molecule has 1 atom stereocenters. The summed E-state index contributed by atoms with van der Waals surface area (Å²) in [6.07, 6.45) is 59.5. The second kappa shape index (κ2) is 54.0. The minimum atomic E-state index is -0.760. The zero-order valence-electron chi connectivity index (χ0n) is 43.6. The first kappa shape index (κ1) is 62.4. The molecule has 0 bridgehead atoms. The Balaban J connectivity index is 4.21. The van der Waals surface area contributed by atoms with Crippen LogP contribution in [0.1, 0.15) is 335 Å². The van der Waals surface area contributed by atoms with Crippen molar-refractivity contribution in [1.82, 2.24) is 0 Å². The predicted molar refractivity (Wildman–Crippen MR) is 275 cm³/mol. The van der Waals surface area contributed by atoms with E-state index in [-0.39, 0.29) is 31.1 Å². The summed E-state index contributed by atoms with van der Waals surface area (Å²) < 4.78 is 16.9. The third-order valence-corrected chi connectivity index (χ3v) is 13.4. The molecule has 0 unspecified atom stereocenters. The van der Waals surface area contributed by atoms with Crippen LogP contribution in [0.3, 0.4) is 0 Å². The van der Waals surface area contributed by atoms with Gasteiger partial charge in [0.2, 0.25) is 0 Å². The Kier molecular flexibility index (Phi) is 52.7. The average molecular weight is 906 g/mol. The average Bonchev–Trinajstić information content (AvgIpc) is 3.29. The highest BCUT2D eigenvalue weighted by atomic mass is 16.6. The fourth-order valence-corrected chi connectivity index (χ4v) is 8.98. The van der Waals surface area contributed by atoms with Gasteiger partial charge in [0.1, 0.15) is 13.2 Å². The van der Waals surface area contributed by atoms with Crippen molar-refractivity contribution in [3.05, 3.63) is 0 Å². The number of hydrogen-bond donors (Lipinski definition) is 0. The molecule has 0 saturated carbocycles. The maximum absolute atomic E-state index is 12.8. The minimum Gasteiger partial charge on any atom is -0.462 e. The predicted octanol–water partition coefficient (Wildman–Crippen LogP) is 19.2. The standard InChI is InChI=1S/C58H112O6/c1-4-7-10-13-16-19-22-25-26-27-28-29-30-31-32-34-36-39-42-45-48-51-57(60)63-54-55(53-62-56(59)50-47-44-41-38-35-24-21-18-15-12-9-6-3)64-58(61)52-49-46-43-40-37-33-23-20-17-14-11-8-5-2/h55H,4-54H2,1-3H3/t55-/m0/s1. The molecular weight excluding hydrogens is 793 g/mol. The molecule has 0 radical (unpaired) electrons. The van der Waals surface area contributed by atoms with Crippen molar-refractivity contribution in [2.24, 2.45) is 0 Å². The lowest BCUT2D eigenvalue weighted by Crippen LogP contribution is -2.30. The fraction of sp³-hybridized carbons (Fsp3) is 0.948. The smallest absolute Gasteiger partial charge is 0.306 e. The largest absolute Gasteiger partial charge is 0.462 e. The normalized spacial score (nSPS) is 11.9. The number of carbonyl (C=O) groups excluding carboxylic acids is 3. The Labute approximate surface area is 399 Å². The topological polar surface area (TPSA) is 78.9 Å². The molecule has 6 nitrogen and oxygen atoms in total. The second-order valence-corrected chi connectivity index (χ2v) is 19.9. The van der Waals surface area contributed by atoms with Gasteiger partial charge in [0, 0.05) is 19.3 Å². The summed E-state index contributed by atoms with van der Waals surface area (Å²) >= 11 is 0. The van der Waals surface area contributed by atoms with Crippen LogP contribution in [0.4, 0.5) is 0 Å². The molecule has 6 heteroatoms. The summed E-state index contributed by atoms with van der Waals surface area (Å²) in [6, 6.07) is 0. The van der Waals surface area contributed by atoms with Crippen molar-refractivity contribution in [2.45, 2.75) is 341 Å². The third kappa shape index (κ3) is 51.4. The Morgan fingerprint density at radius 1 is 0.250 bits per heavy atom. The highest BCUT2D eigenvalue weighted by Crippen LogP contribution is 2.18. The minimum absolute atomic E-state index is 0.0612. The van der Waals surface area contributed by atoms with E-state index in [0.29, 0.717) is 19.3 Å². The number of unbranched alkanes of at least 4 members (excludes halogenated alkanes) is 43. The molecule has 0 rings (SSSR count). The molecule has 0 heterocycles. The van der Waals surface area contributed by atoms with Crippen molar-refractivity contribution >= 4 is 17.9 Å². The molecule has 0 fully saturated rings. The molecule has 0 aromatic carbocycles. The molecule has 0 aliphatic rings. The van der Waals surface area contributed by atoms with Crippen molar-refractivity contribution in [3.63, 3.8) is 0 Å². The molecule has 0 aliphatic carbocycles. The van der Waals surface area contributed by atoms with Gasteiger partial charge in [-0.1, -0.05) is 297 Å². The van der Waals surface area contributed by atoms with E-state index in [1.165, 1.54) is 238 Å². The van der Waals surface area contributed by atoms with Crippen molar-refractivity contribution in [3.8, 4) is 0 Å². The van der Waals surface area contributed by atoms with Crippen LogP contribution in [0.2, 0.25) is 0 Å². The molecule has 64 heavy (non-hydrogen) atoms. The van der Waals surface area contributed by atoms with E-state index in [1.54, 1.807) is 0 Å². The van der Waals surface area contributed by atoms with Gasteiger partial charge in [-0.2, -0.15) is 0 Å². The Morgan fingerprint density at radius 2 is 0.422 bits per heavy atom. The summed E-state index contributed by atoms with van der Waals surface area (Å²) in [6.45, 7) is 6.70. The number of esters is 3. The summed E-state index contributed by atoms with van der Waals surface area (Å²) in [5.41, 5.74) is 0. The molecule has 0 saturated heterocycles. The van der Waals surface area contributed by atoms with Crippen molar-refractivity contribution < 1.29 is 28.6 Å². The van der Waals surface area contributed by atoms with E-state index in [2.05, 4.69) is 20.8 Å². The molecule has 380 valence electrons. The highest BCUT2D eigenvalue weighted by Gasteiger charge is 2.19. The molecular formula is C58H112O6. The molecule has 0 aromatic rings. The Hall–Kier alpha value is -1.59. The lowest BCUT2D eigenvalue weighted by atomic mass is 10.0. The van der Waals surface area contributed by atoms with E-state index in [0.717, 1.165) is 57.8 Å². The van der Waals surface area contributed by atoms with Gasteiger partial charge in [0.05, 0.1) is 0 Å². The van der Waals surface area contributed by atoms with Gasteiger partial charge < -0.3 is 14.2 Å². The van der Waals surface area contributed by atoms with Gasteiger partial charge in [-0.3, -0.25) is 14.4 Å². The van der Waals surface area contributed by atoms with Crippen LogP contribution in [0.5, 0.6) is 0 Å². The first-order valence-electron chi connectivity index (χ1n) is 29.0. The third-order valence-electron chi connectivity index (χ3n) is 13.4. The number of carbonyl (C=O) groups is 3. The monoisotopic (exact) mass is 905 g/mol. The van der Waals surface area contributed by atoms with Gasteiger partial charge >= 0.3 is 17.9 Å². The summed E-state index contributed by atoms with van der Waals surface area (Å²) in [7, 11) is 0. The molecule has 0 amide bonds. The molecule has 0 aliphatic heterocycles. The fourth-order valence-electron chi connectivity index (χ4n) is 8.98. The summed E-state index contributed by atoms with van der Waals surface area (Å²) in [5, 5.41) is 0. The van der Waals surface area contributed by atoms with Gasteiger partial charge in [-0.05, 0) is 19.3 Å². The number of ether oxygens (including phenoxy) is 3. The van der Waals surface area contributed by atoms with Crippen LogP contribution in [0, 0.1) is 0 Å². The quantitative estimate of drug-likeness (QED) is 0.0344. The SMILES string of the molecule is CCCCCCCCCCCCCCCCCCCCCCCC(=O)OC[C@H](COC(=O)CCCCCCCCCCCCCC)OC(=O)CCCCCCCCCCCCCCC. The zero-order chi connectivity index (χ0) is 46.5. The zero-order valence-corrected chi connectivity index (χ0v) is 43.6. The Bertz CT molecular complexity index is 951. The van der Waals surface area contributed by atoms with Crippen molar-refractivity contribution in [1.29, 1.82) is 0 Å². The molecule has 0 N–H and O–H groups in total. The molecule has 0 spiro atoms. The van der Waals surface area contributed by atoms with E-state index >= 15 is 0 Å². The summed E-state index contributed by atoms with van der Waals surface area (Å²) in [4.78, 5) is 38.1. The first-order chi connectivity index (χ1) is 31.5. The van der Waals surface area contributed by atoms with Gasteiger partial charge in [0.15, 0.2) is 6.10 Å². The van der Waals surface area contributed by atoms with Crippen LogP contribution < -0.4 is 0 Å². The lowest BCUT2D eigenvalue weighted by molar-refractivity contribution is -0.167. The van der Waals surface area contributed by atoms with E-state index < -0.39 is 6.10 Å². The van der Waals surface area contributed by atoms with E-state index in [1.807, 2.05) is 0 Å². The maximum atomic E-state index is 12.8. The maximum Gasteiger partial charge on any atom is 0.306 e. The summed E-state index contributed by atoms with van der Waals surface area (Å²) in [5.74, 6) is -0.834. The Morgan fingerprint density at radius 3 is 0.625 bits per heavy atom. The van der Waals surface area contributed by atoms with Crippen LogP contribution in [0.25, 0.3) is 0 Å². The number of hydrogen-bond acceptors (Lipinski definition) is 6. The number of rotatable bonds is 54. The lowest BCUT2D eigenvalue weighted by Gasteiger charge is -2.18. The molecule has 0 aromatic heterocycles. The highest BCUT2D eigenvalue weighted by molar-refractivity contribution is 5.71. The van der Waals surface area contributed by atoms with Gasteiger partial charge in [-0.15, -0.1) is 0 Å². The van der Waals surface area contributed by atoms with E-state index in [9.17, 15) is 14.4 Å². The van der Waals surface area contributed by atoms with Crippen LogP contribution in [-0.2, 0) is 28.6 Å². The first-order valence-corrected chi connectivity index (χ1v) is 29.0. The van der Waals surface area contributed by atoms with Gasteiger partial charge in [-0.25, -0.2) is 0 Å². The van der Waals surface area contributed by atoms with Crippen molar-refractivity contribution in [2.75, 3.05) is 13.2 Å². The second-order valence-electron chi connectivity index (χ2n) is 19.9. The van der Waals surface area contributed by atoms with Crippen LogP contribution >= 0.6 is 0 Å². The van der Waals surface area contributed by atoms with Gasteiger partial charge in [0.25, 0.3) is 0 Å². The van der Waals surface area contributed by atoms with Crippen LogP contribution in [-0.4, -0.2) is 37.2 Å². The van der Waals surface area contributed by atoms with Crippen LogP contribution in [0.15, 0.2) is 0 Å². The van der Waals surface area contributed by atoms with E-state index in [4.69, 9.17) is 14.2 Å².